The molecule has 3 aromatic rings. The summed E-state index contributed by atoms with van der Waals surface area (Å²) in [7, 11) is 0. The molecule has 0 unspecified atom stereocenters. The first-order valence-corrected chi connectivity index (χ1v) is 8.63. The molecule has 7 nitrogen and oxygen atoms in total. The van der Waals surface area contributed by atoms with Crippen molar-refractivity contribution in [1.29, 1.82) is 5.26 Å². The number of imidazole rings is 1. The van der Waals surface area contributed by atoms with E-state index in [9.17, 15) is 23.9 Å². The molecule has 0 bridgehead atoms. The van der Waals surface area contributed by atoms with Gasteiger partial charge in [-0.2, -0.15) is 14.0 Å². The Kier molecular flexibility index (Phi) is 6.39. The van der Waals surface area contributed by atoms with Gasteiger partial charge in [0.15, 0.2) is 11.6 Å². The zero-order valence-corrected chi connectivity index (χ0v) is 15.4. The number of nitrogens with zero attached hydrogens (tertiary/aromatic N) is 2. The van der Waals surface area contributed by atoms with E-state index in [4.69, 9.17) is 4.74 Å². The van der Waals surface area contributed by atoms with Crippen LogP contribution in [0.4, 0.5) is 8.78 Å². The number of carbonyl (C=O) groups is 1. The average Bonchev–Trinajstić information content (AvgIpc) is 3.15. The standard InChI is InChI=1S/C21H15F2N3O4/c22-21(23)30-14-8-5-13(6-9-14)7-10-19(28)29-12-18(27)15(11-24)20-25-16-3-1-2-4-17(16)26-20/h1-10,21,27H,12H2,(H,25,26)/b10-7+,18-15-. The van der Waals surface area contributed by atoms with Gasteiger partial charge in [0, 0.05) is 6.08 Å². The Bertz CT molecular complexity index is 1110. The molecule has 0 aliphatic heterocycles. The van der Waals surface area contributed by atoms with Crippen LogP contribution in [0, 0.1) is 11.3 Å². The molecule has 152 valence electrons. The summed E-state index contributed by atoms with van der Waals surface area (Å²) in [5.74, 6) is -1.06. The van der Waals surface area contributed by atoms with Gasteiger partial charge < -0.3 is 19.6 Å². The molecular formula is C21H15F2N3O4. The van der Waals surface area contributed by atoms with E-state index in [2.05, 4.69) is 14.7 Å². The fourth-order valence-electron chi connectivity index (χ4n) is 2.51. The van der Waals surface area contributed by atoms with Gasteiger partial charge in [-0.3, -0.25) is 0 Å². The van der Waals surface area contributed by atoms with Crippen LogP contribution >= 0.6 is 0 Å². The topological polar surface area (TPSA) is 108 Å². The number of alkyl halides is 2. The van der Waals surface area contributed by atoms with Crippen molar-refractivity contribution in [3.63, 3.8) is 0 Å². The number of carbonyl (C=O) groups excluding carboxylic acids is 1. The number of aliphatic hydroxyl groups is 1. The Hall–Kier alpha value is -4.19. The van der Waals surface area contributed by atoms with E-state index < -0.39 is 24.9 Å². The number of allylic oxidation sites excluding steroid dienone is 1. The molecule has 0 atom stereocenters. The zero-order valence-electron chi connectivity index (χ0n) is 15.4. The molecule has 0 amide bonds. The number of para-hydroxylation sites is 2. The minimum Gasteiger partial charge on any atom is -0.507 e. The SMILES string of the molecule is N#C/C(=C(/O)COC(=O)/C=C/c1ccc(OC(F)F)cc1)c1nc2ccccc2[nH]1. The minimum atomic E-state index is -2.92. The van der Waals surface area contributed by atoms with Gasteiger partial charge in [-0.05, 0) is 35.9 Å². The quantitative estimate of drug-likeness (QED) is 0.261. The number of aliphatic hydroxyl groups excluding tert-OH is 1. The maximum atomic E-state index is 12.1. The predicted octanol–water partition coefficient (Wildman–Crippen LogP) is 4.21. The fraction of sp³-hybridized carbons (Fsp3) is 0.0952. The van der Waals surface area contributed by atoms with Gasteiger partial charge in [0.1, 0.15) is 24.0 Å². The Balaban J connectivity index is 1.62. The van der Waals surface area contributed by atoms with E-state index in [1.165, 1.54) is 30.3 Å². The summed E-state index contributed by atoms with van der Waals surface area (Å²) in [5, 5.41) is 19.5. The van der Waals surface area contributed by atoms with Crippen LogP contribution in [0.15, 0.2) is 60.4 Å². The summed E-state index contributed by atoms with van der Waals surface area (Å²) in [5.41, 5.74) is 1.72. The second kappa shape index (κ2) is 9.34. The summed E-state index contributed by atoms with van der Waals surface area (Å²) in [4.78, 5) is 19.0. The molecule has 0 aliphatic rings. The van der Waals surface area contributed by atoms with E-state index >= 15 is 0 Å². The molecule has 2 aromatic carbocycles. The molecule has 9 heteroatoms. The Morgan fingerprint density at radius 1 is 1.23 bits per heavy atom. The van der Waals surface area contributed by atoms with Crippen LogP contribution in [0.3, 0.4) is 0 Å². The second-order valence-corrected chi connectivity index (χ2v) is 5.92. The lowest BCUT2D eigenvalue weighted by atomic mass is 10.2. The number of esters is 1. The highest BCUT2D eigenvalue weighted by Gasteiger charge is 2.14. The number of nitrogens with one attached hydrogen (secondary N) is 1. The van der Waals surface area contributed by atoms with Crippen molar-refractivity contribution in [2.45, 2.75) is 6.61 Å². The number of halogens is 2. The highest BCUT2D eigenvalue weighted by Crippen LogP contribution is 2.19. The molecule has 2 N–H and O–H groups in total. The fourth-order valence-corrected chi connectivity index (χ4v) is 2.51. The third-order valence-corrected chi connectivity index (χ3v) is 3.89. The van der Waals surface area contributed by atoms with Crippen LogP contribution < -0.4 is 4.74 Å². The number of nitriles is 1. The van der Waals surface area contributed by atoms with Gasteiger partial charge >= 0.3 is 12.6 Å². The molecule has 3 rings (SSSR count). The first-order valence-electron chi connectivity index (χ1n) is 8.63. The minimum absolute atomic E-state index is 0.00518. The van der Waals surface area contributed by atoms with Crippen LogP contribution in [-0.2, 0) is 9.53 Å². The number of hydrogen-bond donors (Lipinski definition) is 2. The Morgan fingerprint density at radius 2 is 1.97 bits per heavy atom. The molecule has 0 saturated heterocycles. The Morgan fingerprint density at radius 3 is 2.63 bits per heavy atom. The number of H-pyrrole nitrogens is 1. The smallest absolute Gasteiger partial charge is 0.387 e. The maximum Gasteiger partial charge on any atom is 0.387 e. The molecule has 30 heavy (non-hydrogen) atoms. The first kappa shape index (κ1) is 20.5. The normalized spacial score (nSPS) is 12.1. The van der Waals surface area contributed by atoms with Crippen molar-refractivity contribution >= 4 is 28.7 Å². The molecular weight excluding hydrogens is 396 g/mol. The van der Waals surface area contributed by atoms with E-state index in [-0.39, 0.29) is 17.1 Å². The summed E-state index contributed by atoms with van der Waals surface area (Å²) in [6.07, 6.45) is 2.50. The van der Waals surface area contributed by atoms with Crippen molar-refractivity contribution in [2.75, 3.05) is 6.61 Å². The number of ether oxygens (including phenoxy) is 2. The van der Waals surface area contributed by atoms with Crippen LogP contribution in [0.25, 0.3) is 22.7 Å². The van der Waals surface area contributed by atoms with Crippen molar-refractivity contribution in [1.82, 2.24) is 9.97 Å². The lowest BCUT2D eigenvalue weighted by molar-refractivity contribution is -0.137. The highest BCUT2D eigenvalue weighted by atomic mass is 19.3. The van der Waals surface area contributed by atoms with Crippen LogP contribution in [0.2, 0.25) is 0 Å². The third kappa shape index (κ3) is 5.20. The molecule has 0 aliphatic carbocycles. The number of aromatic nitrogens is 2. The lowest BCUT2D eigenvalue weighted by Gasteiger charge is -2.04. The number of rotatable bonds is 7. The van der Waals surface area contributed by atoms with E-state index in [0.29, 0.717) is 16.6 Å². The van der Waals surface area contributed by atoms with Crippen LogP contribution in [-0.4, -0.2) is 34.3 Å². The predicted molar refractivity (Wildman–Crippen MR) is 104 cm³/mol. The molecule has 0 saturated carbocycles. The number of hydrogen-bond acceptors (Lipinski definition) is 6. The van der Waals surface area contributed by atoms with Crippen LogP contribution in [0.5, 0.6) is 5.75 Å². The third-order valence-electron chi connectivity index (χ3n) is 3.89. The molecule has 0 radical (unpaired) electrons. The van der Waals surface area contributed by atoms with Crippen molar-refractivity contribution < 1.29 is 28.2 Å². The van der Waals surface area contributed by atoms with Gasteiger partial charge in [0.05, 0.1) is 11.0 Å². The summed E-state index contributed by atoms with van der Waals surface area (Å²) >= 11 is 0. The zero-order chi connectivity index (χ0) is 21.5. The van der Waals surface area contributed by atoms with Crippen molar-refractivity contribution in [2.24, 2.45) is 0 Å². The molecule has 0 fully saturated rings. The second-order valence-electron chi connectivity index (χ2n) is 5.92. The number of benzene rings is 2. The average molecular weight is 411 g/mol. The Labute approximate surface area is 169 Å². The number of aromatic amines is 1. The van der Waals surface area contributed by atoms with E-state index in [0.717, 1.165) is 6.08 Å². The lowest BCUT2D eigenvalue weighted by Crippen LogP contribution is -2.06. The van der Waals surface area contributed by atoms with E-state index in [1.807, 2.05) is 6.07 Å². The molecule has 0 spiro atoms. The summed E-state index contributed by atoms with van der Waals surface area (Å²) in [6, 6.07) is 14.6. The van der Waals surface area contributed by atoms with E-state index in [1.54, 1.807) is 24.3 Å². The molecule has 1 aromatic heterocycles. The van der Waals surface area contributed by atoms with Crippen molar-refractivity contribution in [3.05, 3.63) is 71.8 Å². The number of fused-ring (bicyclic) bond motifs is 1. The van der Waals surface area contributed by atoms with Gasteiger partial charge in [-0.15, -0.1) is 0 Å². The van der Waals surface area contributed by atoms with Gasteiger partial charge in [-0.25, -0.2) is 9.78 Å². The maximum absolute atomic E-state index is 12.1. The summed E-state index contributed by atoms with van der Waals surface area (Å²) < 4.78 is 33.4. The van der Waals surface area contributed by atoms with Crippen LogP contribution in [0.1, 0.15) is 11.4 Å². The first-order chi connectivity index (χ1) is 14.5. The van der Waals surface area contributed by atoms with Gasteiger partial charge in [0.25, 0.3) is 0 Å². The highest BCUT2D eigenvalue weighted by molar-refractivity contribution is 5.87. The largest absolute Gasteiger partial charge is 0.507 e. The molecule has 1 heterocycles. The van der Waals surface area contributed by atoms with Gasteiger partial charge in [0.2, 0.25) is 0 Å². The van der Waals surface area contributed by atoms with Crippen molar-refractivity contribution in [3.8, 4) is 11.8 Å². The monoisotopic (exact) mass is 411 g/mol. The summed E-state index contributed by atoms with van der Waals surface area (Å²) in [6.45, 7) is -3.44. The van der Waals surface area contributed by atoms with Gasteiger partial charge in [-0.1, -0.05) is 24.3 Å².